The molecule has 0 aliphatic rings. The van der Waals surface area contributed by atoms with Crippen molar-refractivity contribution in [3.63, 3.8) is 0 Å². The van der Waals surface area contributed by atoms with Gasteiger partial charge in [-0.15, -0.1) is 11.8 Å². The first kappa shape index (κ1) is 22.8. The maximum absolute atomic E-state index is 12.4. The third kappa shape index (κ3) is 7.45. The molecule has 29 heavy (non-hydrogen) atoms. The molecule has 152 valence electrons. The van der Waals surface area contributed by atoms with Crippen molar-refractivity contribution in [3.8, 4) is 0 Å². The number of benzene rings is 2. The summed E-state index contributed by atoms with van der Waals surface area (Å²) in [5.74, 6) is -1.89. The summed E-state index contributed by atoms with van der Waals surface area (Å²) < 4.78 is 0. The van der Waals surface area contributed by atoms with Crippen LogP contribution in [0.15, 0.2) is 59.0 Å². The molecule has 2 amide bonds. The maximum Gasteiger partial charge on any atom is 0.331 e. The third-order valence-corrected chi connectivity index (χ3v) is 5.17. The summed E-state index contributed by atoms with van der Waals surface area (Å²) in [6.07, 6.45) is 1.01. The molecule has 0 bridgehead atoms. The van der Waals surface area contributed by atoms with Crippen LogP contribution < -0.4 is 10.6 Å². The Labute approximate surface area is 182 Å². The number of carboxylic acids is 1. The lowest BCUT2D eigenvalue weighted by molar-refractivity contribution is -0.132. The number of anilines is 2. The fraction of sp³-hybridized carbons (Fsp3) is 0.150. The Morgan fingerprint density at radius 1 is 1.00 bits per heavy atom. The van der Waals surface area contributed by atoms with Crippen LogP contribution in [0.5, 0.6) is 0 Å². The van der Waals surface area contributed by atoms with E-state index in [0.717, 1.165) is 11.0 Å². The van der Waals surface area contributed by atoms with Crippen LogP contribution in [0.4, 0.5) is 11.4 Å². The van der Waals surface area contributed by atoms with E-state index in [-0.39, 0.29) is 11.5 Å². The Bertz CT molecular complexity index is 941. The van der Waals surface area contributed by atoms with Gasteiger partial charge in [-0.1, -0.05) is 23.2 Å². The van der Waals surface area contributed by atoms with Crippen molar-refractivity contribution in [1.29, 1.82) is 0 Å². The number of carboxylic acid groups (broad SMARTS) is 1. The lowest BCUT2D eigenvalue weighted by Crippen LogP contribution is -2.22. The van der Waals surface area contributed by atoms with Gasteiger partial charge in [0.05, 0.1) is 5.25 Å². The van der Waals surface area contributed by atoms with Gasteiger partial charge in [0, 0.05) is 38.0 Å². The minimum Gasteiger partial charge on any atom is -0.478 e. The molecular formula is C20H18Cl2N2O4S. The van der Waals surface area contributed by atoms with E-state index in [4.69, 9.17) is 28.3 Å². The number of nitrogens with one attached hydrogen (secondary N) is 2. The molecule has 6 nitrogen and oxygen atoms in total. The lowest BCUT2D eigenvalue weighted by Gasteiger charge is -2.13. The molecular weight excluding hydrogens is 435 g/mol. The van der Waals surface area contributed by atoms with Crippen LogP contribution in [0.1, 0.15) is 13.8 Å². The molecule has 9 heteroatoms. The second-order valence-electron chi connectivity index (χ2n) is 6.05. The molecule has 1 atom stereocenters. The van der Waals surface area contributed by atoms with Crippen molar-refractivity contribution in [1.82, 2.24) is 0 Å². The second kappa shape index (κ2) is 10.3. The minimum atomic E-state index is -1.15. The zero-order valence-electron chi connectivity index (χ0n) is 15.5. The van der Waals surface area contributed by atoms with E-state index in [0.29, 0.717) is 21.4 Å². The van der Waals surface area contributed by atoms with Crippen molar-refractivity contribution < 1.29 is 19.5 Å². The lowest BCUT2D eigenvalue weighted by atomic mass is 10.2. The second-order valence-corrected chi connectivity index (χ2v) is 8.34. The number of carbonyl (C=O) groups is 3. The molecule has 0 saturated carbocycles. The highest BCUT2D eigenvalue weighted by Crippen LogP contribution is 2.27. The topological polar surface area (TPSA) is 95.5 Å². The van der Waals surface area contributed by atoms with Gasteiger partial charge in [-0.3, -0.25) is 9.59 Å². The number of aliphatic carboxylic acids is 1. The van der Waals surface area contributed by atoms with Gasteiger partial charge in [-0.05, 0) is 56.3 Å². The molecule has 0 unspecified atom stereocenters. The maximum atomic E-state index is 12.4. The summed E-state index contributed by atoms with van der Waals surface area (Å²) in [5.41, 5.74) is 0.970. The first-order valence-corrected chi connectivity index (χ1v) is 10.0. The van der Waals surface area contributed by atoms with Crippen LogP contribution in [0.2, 0.25) is 10.0 Å². The summed E-state index contributed by atoms with van der Waals surface area (Å²) in [6.45, 7) is 3.10. The van der Waals surface area contributed by atoms with Gasteiger partial charge in [-0.2, -0.15) is 0 Å². The average Bonchev–Trinajstić information content (AvgIpc) is 2.62. The van der Waals surface area contributed by atoms with Crippen LogP contribution in [-0.4, -0.2) is 28.1 Å². The normalized spacial score (nSPS) is 12.2. The van der Waals surface area contributed by atoms with Gasteiger partial charge in [0.15, 0.2) is 0 Å². The van der Waals surface area contributed by atoms with Crippen LogP contribution in [0.3, 0.4) is 0 Å². The molecule has 0 heterocycles. The Balaban J connectivity index is 1.94. The minimum absolute atomic E-state index is 0.0597. The fourth-order valence-electron chi connectivity index (χ4n) is 2.18. The molecule has 2 aromatic carbocycles. The first-order chi connectivity index (χ1) is 13.6. The largest absolute Gasteiger partial charge is 0.478 e. The molecule has 0 aliphatic carbocycles. The van der Waals surface area contributed by atoms with E-state index in [1.54, 1.807) is 49.4 Å². The van der Waals surface area contributed by atoms with Gasteiger partial charge < -0.3 is 15.7 Å². The standard InChI is InChI=1S/C20H18Cl2N2O4S/c1-11(20(27)28)7-18(25)23-15-3-5-17(6-4-15)29-12(2)19(26)24-16-9-13(21)8-14(22)10-16/h3-10,12H,1-2H3,(H,23,25)(H,24,26)(H,27,28)/b11-7+/t12-/m0/s1. The number of hydrogen-bond acceptors (Lipinski definition) is 4. The van der Waals surface area contributed by atoms with Gasteiger partial charge >= 0.3 is 5.97 Å². The number of halogens is 2. The van der Waals surface area contributed by atoms with Crippen LogP contribution in [0.25, 0.3) is 0 Å². The number of amides is 2. The Hall–Kier alpha value is -2.48. The van der Waals surface area contributed by atoms with Crippen LogP contribution >= 0.6 is 35.0 Å². The highest BCUT2D eigenvalue weighted by Gasteiger charge is 2.15. The van der Waals surface area contributed by atoms with E-state index >= 15 is 0 Å². The molecule has 0 aliphatic heterocycles. The number of thioether (sulfide) groups is 1. The van der Waals surface area contributed by atoms with E-state index in [2.05, 4.69) is 10.6 Å². The van der Waals surface area contributed by atoms with E-state index in [9.17, 15) is 14.4 Å². The Morgan fingerprint density at radius 2 is 1.59 bits per heavy atom. The molecule has 0 spiro atoms. The Morgan fingerprint density at radius 3 is 2.14 bits per heavy atom. The predicted octanol–water partition coefficient (Wildman–Crippen LogP) is 5.08. The van der Waals surface area contributed by atoms with Gasteiger partial charge in [-0.25, -0.2) is 4.79 Å². The quantitative estimate of drug-likeness (QED) is 0.401. The molecule has 0 aromatic heterocycles. The SMILES string of the molecule is C/C(=C\C(=O)Nc1ccc(S[C@@H](C)C(=O)Nc2cc(Cl)cc(Cl)c2)cc1)C(=O)O. The van der Waals surface area contributed by atoms with Crippen molar-refractivity contribution >= 4 is 64.1 Å². The van der Waals surface area contributed by atoms with Crippen molar-refractivity contribution in [2.24, 2.45) is 0 Å². The Kier molecular flexibility index (Phi) is 8.13. The summed E-state index contributed by atoms with van der Waals surface area (Å²) >= 11 is 13.2. The van der Waals surface area contributed by atoms with Crippen molar-refractivity contribution in [3.05, 3.63) is 64.2 Å². The van der Waals surface area contributed by atoms with Crippen LogP contribution in [0, 0.1) is 0 Å². The smallest absolute Gasteiger partial charge is 0.331 e. The predicted molar refractivity (Wildman–Crippen MR) is 117 cm³/mol. The van der Waals surface area contributed by atoms with Gasteiger partial charge in [0.25, 0.3) is 0 Å². The molecule has 2 rings (SSSR count). The van der Waals surface area contributed by atoms with Crippen LogP contribution in [-0.2, 0) is 14.4 Å². The monoisotopic (exact) mass is 452 g/mol. The van der Waals surface area contributed by atoms with E-state index < -0.39 is 17.1 Å². The summed E-state index contributed by atoms with van der Waals surface area (Å²) in [4.78, 5) is 35.7. The summed E-state index contributed by atoms with van der Waals surface area (Å²) in [7, 11) is 0. The molecule has 3 N–H and O–H groups in total. The highest BCUT2D eigenvalue weighted by molar-refractivity contribution is 8.00. The van der Waals surface area contributed by atoms with Gasteiger partial charge in [0.1, 0.15) is 0 Å². The summed E-state index contributed by atoms with van der Waals surface area (Å²) in [5, 5.41) is 14.6. The molecule has 0 saturated heterocycles. The zero-order chi connectivity index (χ0) is 21.6. The fourth-order valence-corrected chi connectivity index (χ4v) is 3.57. The first-order valence-electron chi connectivity index (χ1n) is 8.40. The van der Waals surface area contributed by atoms with Gasteiger partial charge in [0.2, 0.25) is 11.8 Å². The number of carbonyl (C=O) groups excluding carboxylic acids is 2. The zero-order valence-corrected chi connectivity index (χ0v) is 17.9. The summed E-state index contributed by atoms with van der Waals surface area (Å²) in [6, 6.07) is 11.7. The van der Waals surface area contributed by atoms with E-state index in [1.165, 1.54) is 18.7 Å². The van der Waals surface area contributed by atoms with E-state index in [1.807, 2.05) is 0 Å². The van der Waals surface area contributed by atoms with Crippen molar-refractivity contribution in [2.75, 3.05) is 10.6 Å². The average molecular weight is 453 g/mol. The molecule has 2 aromatic rings. The van der Waals surface area contributed by atoms with Crippen molar-refractivity contribution in [2.45, 2.75) is 24.0 Å². The highest BCUT2D eigenvalue weighted by atomic mass is 35.5. The third-order valence-electron chi connectivity index (χ3n) is 3.62. The molecule has 0 fully saturated rings. The molecule has 0 radical (unpaired) electrons. The number of rotatable bonds is 7. The number of hydrogen-bond donors (Lipinski definition) is 3.